The first kappa shape index (κ1) is 11.4. The number of hydrogen-bond acceptors (Lipinski definition) is 2. The van der Waals surface area contributed by atoms with Crippen molar-refractivity contribution in [3.63, 3.8) is 0 Å². The lowest BCUT2D eigenvalue weighted by molar-refractivity contribution is 0.0579. The van der Waals surface area contributed by atoms with Crippen LogP contribution in [0.2, 0.25) is 0 Å². The molecule has 1 aromatic rings. The Balaban J connectivity index is 2.34. The van der Waals surface area contributed by atoms with E-state index >= 15 is 0 Å². The Labute approximate surface area is 95.6 Å². The summed E-state index contributed by atoms with van der Waals surface area (Å²) in [6, 6.07) is 4.42. The van der Waals surface area contributed by atoms with Crippen molar-refractivity contribution < 1.29 is 9.13 Å². The average Bonchev–Trinajstić information content (AvgIpc) is 2.17. The third-order valence-corrected chi connectivity index (χ3v) is 3.07. The molecule has 2 nitrogen and oxygen atoms in total. The predicted octanol–water partition coefficient (Wildman–Crippen LogP) is 3.02. The third kappa shape index (κ3) is 2.05. The Hall–Kier alpha value is -1.09. The molecular weight excluding hydrogens is 205 g/mol. The molecule has 88 valence electrons. The van der Waals surface area contributed by atoms with Gasteiger partial charge in [0, 0.05) is 18.0 Å². The van der Waals surface area contributed by atoms with Crippen molar-refractivity contribution in [1.82, 2.24) is 0 Å². The zero-order valence-electron chi connectivity index (χ0n) is 9.96. The molecule has 0 spiro atoms. The molecule has 1 aliphatic heterocycles. The number of benzene rings is 1. The van der Waals surface area contributed by atoms with E-state index in [1.165, 1.54) is 12.1 Å². The molecule has 1 aromatic carbocycles. The summed E-state index contributed by atoms with van der Waals surface area (Å²) in [4.78, 5) is 0. The van der Waals surface area contributed by atoms with E-state index in [9.17, 15) is 4.39 Å². The lowest BCUT2D eigenvalue weighted by Gasteiger charge is -2.37. The lowest BCUT2D eigenvalue weighted by atomic mass is 9.82. The molecule has 2 rings (SSSR count). The highest BCUT2D eigenvalue weighted by molar-refractivity contribution is 5.38. The summed E-state index contributed by atoms with van der Waals surface area (Å²) in [5.74, 6) is 0.465. The fourth-order valence-electron chi connectivity index (χ4n) is 2.01. The Bertz CT molecular complexity index is 397. The fourth-order valence-corrected chi connectivity index (χ4v) is 2.01. The first-order chi connectivity index (χ1) is 7.38. The monoisotopic (exact) mass is 223 g/mol. The van der Waals surface area contributed by atoms with Crippen LogP contribution in [0.5, 0.6) is 5.75 Å². The van der Waals surface area contributed by atoms with Crippen molar-refractivity contribution >= 4 is 0 Å². The number of fused-ring (bicyclic) bond motifs is 1. The minimum absolute atomic E-state index is 0.0453. The molecule has 0 aliphatic carbocycles. The van der Waals surface area contributed by atoms with Crippen LogP contribution in [0.25, 0.3) is 0 Å². The van der Waals surface area contributed by atoms with Crippen LogP contribution in [0.4, 0.5) is 4.39 Å². The third-order valence-electron chi connectivity index (χ3n) is 3.07. The Morgan fingerprint density at radius 2 is 2.06 bits per heavy atom. The van der Waals surface area contributed by atoms with Crippen molar-refractivity contribution in [2.24, 2.45) is 11.1 Å². The van der Waals surface area contributed by atoms with Gasteiger partial charge in [-0.25, -0.2) is 4.39 Å². The van der Waals surface area contributed by atoms with Gasteiger partial charge in [-0.2, -0.15) is 0 Å². The fraction of sp³-hybridized carbons (Fsp3) is 0.538. The van der Waals surface area contributed by atoms with E-state index in [-0.39, 0.29) is 23.4 Å². The van der Waals surface area contributed by atoms with Gasteiger partial charge in [-0.3, -0.25) is 0 Å². The van der Waals surface area contributed by atoms with Crippen LogP contribution in [-0.2, 0) is 0 Å². The van der Waals surface area contributed by atoms with Crippen molar-refractivity contribution in [3.05, 3.63) is 29.6 Å². The summed E-state index contributed by atoms with van der Waals surface area (Å²) in [6.45, 7) is 6.37. The van der Waals surface area contributed by atoms with Gasteiger partial charge in [-0.15, -0.1) is 0 Å². The van der Waals surface area contributed by atoms with Crippen LogP contribution >= 0.6 is 0 Å². The number of halogens is 1. The van der Waals surface area contributed by atoms with Gasteiger partial charge in [0.25, 0.3) is 0 Å². The van der Waals surface area contributed by atoms with Crippen LogP contribution in [0.15, 0.2) is 18.2 Å². The van der Waals surface area contributed by atoms with Crippen molar-refractivity contribution in [1.29, 1.82) is 0 Å². The second-order valence-corrected chi connectivity index (χ2v) is 5.50. The molecule has 3 heteroatoms. The molecule has 2 N–H and O–H groups in total. The molecule has 1 heterocycles. The van der Waals surface area contributed by atoms with Crippen LogP contribution in [0.3, 0.4) is 0 Å². The van der Waals surface area contributed by atoms with Gasteiger partial charge in [-0.1, -0.05) is 20.8 Å². The molecule has 0 aromatic heterocycles. The molecule has 0 radical (unpaired) electrons. The van der Waals surface area contributed by atoms with Crippen molar-refractivity contribution in [2.45, 2.75) is 39.3 Å². The zero-order chi connectivity index (χ0) is 11.9. The molecule has 0 saturated carbocycles. The first-order valence-corrected chi connectivity index (χ1v) is 5.59. The Morgan fingerprint density at radius 3 is 2.69 bits per heavy atom. The Morgan fingerprint density at radius 1 is 1.38 bits per heavy atom. The quantitative estimate of drug-likeness (QED) is 0.733. The van der Waals surface area contributed by atoms with Gasteiger partial charge >= 0.3 is 0 Å². The standard InChI is InChI=1S/C13H18FNO/c1-13(2,3)12-7-10(15)9-6-8(14)4-5-11(9)16-12/h4-6,10,12H,7,15H2,1-3H3/t10-,12?/m0/s1. The summed E-state index contributed by atoms with van der Waals surface area (Å²) in [5.41, 5.74) is 6.88. The van der Waals surface area contributed by atoms with Crippen LogP contribution in [-0.4, -0.2) is 6.10 Å². The largest absolute Gasteiger partial charge is 0.489 e. The molecule has 1 unspecified atom stereocenters. The van der Waals surface area contributed by atoms with E-state index in [4.69, 9.17) is 10.5 Å². The normalized spacial score (nSPS) is 24.8. The van der Waals surface area contributed by atoms with Crippen LogP contribution in [0, 0.1) is 11.2 Å². The summed E-state index contributed by atoms with van der Waals surface area (Å²) in [5, 5.41) is 0. The smallest absolute Gasteiger partial charge is 0.124 e. The maximum absolute atomic E-state index is 13.1. The zero-order valence-corrected chi connectivity index (χ0v) is 9.96. The molecule has 16 heavy (non-hydrogen) atoms. The summed E-state index contributed by atoms with van der Waals surface area (Å²) in [6.07, 6.45) is 0.820. The van der Waals surface area contributed by atoms with Gasteiger partial charge in [0.15, 0.2) is 0 Å². The maximum atomic E-state index is 13.1. The minimum Gasteiger partial charge on any atom is -0.489 e. The SMILES string of the molecule is CC(C)(C)C1C[C@H](N)c2cc(F)ccc2O1. The second-order valence-electron chi connectivity index (χ2n) is 5.50. The minimum atomic E-state index is -0.257. The van der Waals surface area contributed by atoms with Crippen molar-refractivity contribution in [3.8, 4) is 5.75 Å². The highest BCUT2D eigenvalue weighted by Crippen LogP contribution is 2.39. The molecule has 0 bridgehead atoms. The van der Waals surface area contributed by atoms with Gasteiger partial charge in [-0.05, 0) is 23.6 Å². The second kappa shape index (κ2) is 3.74. The highest BCUT2D eigenvalue weighted by Gasteiger charge is 2.34. The van der Waals surface area contributed by atoms with Gasteiger partial charge in [0.1, 0.15) is 17.7 Å². The Kier molecular flexibility index (Phi) is 2.66. The predicted molar refractivity (Wildman–Crippen MR) is 61.8 cm³/mol. The van der Waals surface area contributed by atoms with E-state index in [1.807, 2.05) is 0 Å². The molecule has 1 aliphatic rings. The van der Waals surface area contributed by atoms with Gasteiger partial charge in [0.05, 0.1) is 0 Å². The van der Waals surface area contributed by atoms with E-state index in [0.29, 0.717) is 0 Å². The van der Waals surface area contributed by atoms with Crippen LogP contribution < -0.4 is 10.5 Å². The average molecular weight is 223 g/mol. The van der Waals surface area contributed by atoms with E-state index in [1.54, 1.807) is 6.07 Å². The number of ether oxygens (including phenoxy) is 1. The molecular formula is C13H18FNO. The van der Waals surface area contributed by atoms with E-state index < -0.39 is 0 Å². The number of hydrogen-bond donors (Lipinski definition) is 1. The molecule has 0 fully saturated rings. The summed E-state index contributed by atoms with van der Waals surface area (Å²) >= 11 is 0. The lowest BCUT2D eigenvalue weighted by Crippen LogP contribution is -2.38. The molecule has 0 saturated heterocycles. The summed E-state index contributed by atoms with van der Waals surface area (Å²) in [7, 11) is 0. The molecule has 2 atom stereocenters. The van der Waals surface area contributed by atoms with E-state index in [0.717, 1.165) is 17.7 Å². The maximum Gasteiger partial charge on any atom is 0.124 e. The highest BCUT2D eigenvalue weighted by atomic mass is 19.1. The van der Waals surface area contributed by atoms with Gasteiger partial charge in [0.2, 0.25) is 0 Å². The van der Waals surface area contributed by atoms with Gasteiger partial charge < -0.3 is 10.5 Å². The summed E-state index contributed by atoms with van der Waals surface area (Å²) < 4.78 is 19.0. The van der Waals surface area contributed by atoms with Crippen molar-refractivity contribution in [2.75, 3.05) is 0 Å². The number of nitrogens with two attached hydrogens (primary N) is 1. The number of rotatable bonds is 0. The van der Waals surface area contributed by atoms with Crippen LogP contribution in [0.1, 0.15) is 38.8 Å². The first-order valence-electron chi connectivity index (χ1n) is 5.59. The molecule has 0 amide bonds. The van der Waals surface area contributed by atoms with E-state index in [2.05, 4.69) is 20.8 Å². The topological polar surface area (TPSA) is 35.2 Å².